The van der Waals surface area contributed by atoms with E-state index in [9.17, 15) is 18.5 Å². The Morgan fingerprint density at radius 3 is 2.36 bits per heavy atom. The summed E-state index contributed by atoms with van der Waals surface area (Å²) in [6, 6.07) is 3.28. The van der Waals surface area contributed by atoms with E-state index < -0.39 is 20.4 Å². The number of hydrogen-bond donors (Lipinski definition) is 1. The van der Waals surface area contributed by atoms with Gasteiger partial charge in [-0.15, -0.1) is 12.4 Å². The van der Waals surface area contributed by atoms with E-state index in [-0.39, 0.29) is 34.6 Å². The first-order valence-corrected chi connectivity index (χ1v) is 7.93. The zero-order chi connectivity index (χ0) is 16.4. The van der Waals surface area contributed by atoms with Crippen LogP contribution in [0.4, 0.5) is 5.69 Å². The number of nitro benzene ring substituents is 1. The zero-order valence-electron chi connectivity index (χ0n) is 12.4. The van der Waals surface area contributed by atoms with Crippen LogP contribution in [0.15, 0.2) is 23.1 Å². The lowest BCUT2D eigenvalue weighted by Crippen LogP contribution is -2.39. The summed E-state index contributed by atoms with van der Waals surface area (Å²) in [7, 11) is -2.41. The average molecular weight is 372 g/mol. The molecule has 0 aliphatic heterocycles. The van der Waals surface area contributed by atoms with Crippen LogP contribution in [-0.4, -0.2) is 37.8 Å². The Labute approximate surface area is 141 Å². The van der Waals surface area contributed by atoms with Gasteiger partial charge in [-0.1, -0.05) is 25.4 Å². The maximum atomic E-state index is 12.5. The standard InChI is InChI=1S/C12H18ClN3O4S.ClH/c1-12(2,7-14)8-15(3)21(19,20)11-5-4-9(16(17)18)6-10(11)13;/h4-6H,7-8,14H2,1-3H3;1H. The van der Waals surface area contributed by atoms with Crippen molar-refractivity contribution in [2.45, 2.75) is 18.7 Å². The fraction of sp³-hybridized carbons (Fsp3) is 0.500. The molecule has 0 saturated carbocycles. The monoisotopic (exact) mass is 371 g/mol. The van der Waals surface area contributed by atoms with Crippen molar-refractivity contribution in [3.05, 3.63) is 33.3 Å². The van der Waals surface area contributed by atoms with Gasteiger partial charge in [0.1, 0.15) is 4.90 Å². The molecule has 0 saturated heterocycles. The fourth-order valence-corrected chi connectivity index (χ4v) is 3.60. The second-order valence-corrected chi connectivity index (χ2v) is 7.92. The highest BCUT2D eigenvalue weighted by Crippen LogP contribution is 2.29. The van der Waals surface area contributed by atoms with Gasteiger partial charge in [-0.3, -0.25) is 10.1 Å². The number of nitrogens with zero attached hydrogens (tertiary/aromatic N) is 2. The van der Waals surface area contributed by atoms with E-state index in [0.717, 1.165) is 22.5 Å². The van der Waals surface area contributed by atoms with Crippen molar-refractivity contribution < 1.29 is 13.3 Å². The topological polar surface area (TPSA) is 107 Å². The first kappa shape index (κ1) is 21.1. The van der Waals surface area contributed by atoms with Gasteiger partial charge in [0.2, 0.25) is 10.0 Å². The molecule has 0 heterocycles. The normalized spacial score (nSPS) is 12.1. The van der Waals surface area contributed by atoms with Crippen LogP contribution in [0.2, 0.25) is 5.02 Å². The highest BCUT2D eigenvalue weighted by molar-refractivity contribution is 7.89. The summed E-state index contributed by atoms with van der Waals surface area (Å²) >= 11 is 5.87. The second-order valence-electron chi connectivity index (χ2n) is 5.50. The largest absolute Gasteiger partial charge is 0.330 e. The maximum absolute atomic E-state index is 12.5. The smallest absolute Gasteiger partial charge is 0.271 e. The molecule has 0 spiro atoms. The molecule has 0 atom stereocenters. The number of nitrogens with two attached hydrogens (primary N) is 1. The molecule has 7 nitrogen and oxygen atoms in total. The van der Waals surface area contributed by atoms with Gasteiger partial charge in [-0.05, 0) is 18.0 Å². The van der Waals surface area contributed by atoms with Crippen molar-refractivity contribution in [1.82, 2.24) is 4.31 Å². The summed E-state index contributed by atoms with van der Waals surface area (Å²) in [5.74, 6) is 0. The number of benzene rings is 1. The van der Waals surface area contributed by atoms with Gasteiger partial charge < -0.3 is 5.73 Å². The SMILES string of the molecule is CN(CC(C)(C)CN)S(=O)(=O)c1ccc([N+](=O)[O-])cc1Cl.Cl. The molecular formula is C12H19Cl2N3O4S. The first-order chi connectivity index (χ1) is 9.51. The van der Waals surface area contributed by atoms with Crippen LogP contribution < -0.4 is 5.73 Å². The third-order valence-corrected chi connectivity index (χ3v) is 5.30. The summed E-state index contributed by atoms with van der Waals surface area (Å²) in [4.78, 5) is 9.85. The van der Waals surface area contributed by atoms with Gasteiger partial charge in [0.05, 0.1) is 9.95 Å². The molecule has 0 aromatic heterocycles. The quantitative estimate of drug-likeness (QED) is 0.609. The highest BCUT2D eigenvalue weighted by Gasteiger charge is 2.29. The lowest BCUT2D eigenvalue weighted by molar-refractivity contribution is -0.384. The van der Waals surface area contributed by atoms with Gasteiger partial charge in [-0.2, -0.15) is 0 Å². The van der Waals surface area contributed by atoms with E-state index in [1.54, 1.807) is 0 Å². The number of halogens is 2. The summed E-state index contributed by atoms with van der Waals surface area (Å²) in [5, 5.41) is 10.5. The average Bonchev–Trinajstić information content (AvgIpc) is 2.37. The van der Waals surface area contributed by atoms with Gasteiger partial charge in [0.15, 0.2) is 0 Å². The Balaban J connectivity index is 0.00000441. The van der Waals surface area contributed by atoms with Crippen molar-refractivity contribution in [2.75, 3.05) is 20.1 Å². The van der Waals surface area contributed by atoms with Crippen LogP contribution in [0.5, 0.6) is 0 Å². The molecule has 0 unspecified atom stereocenters. The van der Waals surface area contributed by atoms with Gasteiger partial charge in [0, 0.05) is 25.7 Å². The van der Waals surface area contributed by atoms with Crippen molar-refractivity contribution in [2.24, 2.45) is 11.1 Å². The molecule has 10 heteroatoms. The fourth-order valence-electron chi connectivity index (χ4n) is 1.73. The van der Waals surface area contributed by atoms with E-state index in [0.29, 0.717) is 6.54 Å². The van der Waals surface area contributed by atoms with Crippen molar-refractivity contribution >= 4 is 39.7 Å². The summed E-state index contributed by atoms with van der Waals surface area (Å²) in [6.45, 7) is 4.22. The molecule has 0 aliphatic carbocycles. The van der Waals surface area contributed by atoms with E-state index in [1.807, 2.05) is 13.8 Å². The molecule has 2 N–H and O–H groups in total. The van der Waals surface area contributed by atoms with Crippen molar-refractivity contribution in [3.8, 4) is 0 Å². The first-order valence-electron chi connectivity index (χ1n) is 6.11. The Hall–Kier alpha value is -0.930. The predicted octanol–water partition coefficient (Wildman–Crippen LogP) is 2.28. The molecule has 0 fully saturated rings. The summed E-state index contributed by atoms with van der Waals surface area (Å²) in [6.07, 6.45) is 0. The van der Waals surface area contributed by atoms with E-state index in [2.05, 4.69) is 0 Å². The predicted molar refractivity (Wildman–Crippen MR) is 88.0 cm³/mol. The van der Waals surface area contributed by atoms with Crippen LogP contribution in [0.3, 0.4) is 0 Å². The van der Waals surface area contributed by atoms with Crippen LogP contribution in [-0.2, 0) is 10.0 Å². The molecule has 1 aromatic rings. The minimum absolute atomic E-state index is 0. The minimum atomic E-state index is -3.83. The Bertz CT molecular complexity index is 650. The van der Waals surface area contributed by atoms with Crippen LogP contribution in [0.25, 0.3) is 0 Å². The number of hydrogen-bond acceptors (Lipinski definition) is 5. The van der Waals surface area contributed by atoms with E-state index in [4.69, 9.17) is 17.3 Å². The molecule has 126 valence electrons. The zero-order valence-corrected chi connectivity index (χ0v) is 14.8. The van der Waals surface area contributed by atoms with Crippen LogP contribution in [0, 0.1) is 15.5 Å². The number of nitro groups is 1. The van der Waals surface area contributed by atoms with Crippen LogP contribution in [0.1, 0.15) is 13.8 Å². The van der Waals surface area contributed by atoms with Gasteiger partial charge in [-0.25, -0.2) is 12.7 Å². The molecule has 22 heavy (non-hydrogen) atoms. The molecule has 1 aromatic carbocycles. The highest BCUT2D eigenvalue weighted by atomic mass is 35.5. The number of rotatable bonds is 6. The minimum Gasteiger partial charge on any atom is -0.330 e. The number of sulfonamides is 1. The molecule has 0 aliphatic rings. The molecule has 0 amide bonds. The lowest BCUT2D eigenvalue weighted by atomic mass is 9.94. The Morgan fingerprint density at radius 1 is 1.41 bits per heavy atom. The Kier molecular flexibility index (Phi) is 7.24. The summed E-state index contributed by atoms with van der Waals surface area (Å²) < 4.78 is 26.1. The second kappa shape index (κ2) is 7.56. The van der Waals surface area contributed by atoms with Gasteiger partial charge in [0.25, 0.3) is 5.69 Å². The van der Waals surface area contributed by atoms with Crippen LogP contribution >= 0.6 is 24.0 Å². The molecular weight excluding hydrogens is 353 g/mol. The van der Waals surface area contributed by atoms with Crippen molar-refractivity contribution in [1.29, 1.82) is 0 Å². The lowest BCUT2D eigenvalue weighted by Gasteiger charge is -2.28. The van der Waals surface area contributed by atoms with E-state index in [1.165, 1.54) is 7.05 Å². The van der Waals surface area contributed by atoms with Crippen molar-refractivity contribution in [3.63, 3.8) is 0 Å². The molecule has 1 rings (SSSR count). The molecule has 0 bridgehead atoms. The maximum Gasteiger partial charge on any atom is 0.271 e. The van der Waals surface area contributed by atoms with Gasteiger partial charge >= 0.3 is 0 Å². The Morgan fingerprint density at radius 2 is 1.95 bits per heavy atom. The van der Waals surface area contributed by atoms with E-state index >= 15 is 0 Å². The third-order valence-electron chi connectivity index (χ3n) is 3.02. The third kappa shape index (κ3) is 4.79. The number of non-ortho nitro benzene ring substituents is 1. The summed E-state index contributed by atoms with van der Waals surface area (Å²) in [5.41, 5.74) is 4.94. The molecule has 0 radical (unpaired) electrons.